The molecule has 1 aliphatic heterocycles. The molecule has 1 aromatic heterocycles. The van der Waals surface area contributed by atoms with Gasteiger partial charge in [0.15, 0.2) is 0 Å². The van der Waals surface area contributed by atoms with Gasteiger partial charge in [-0.3, -0.25) is 4.79 Å². The Labute approximate surface area is 125 Å². The maximum atomic E-state index is 12.5. The summed E-state index contributed by atoms with van der Waals surface area (Å²) >= 11 is 0. The van der Waals surface area contributed by atoms with Crippen LogP contribution >= 0.6 is 0 Å². The van der Waals surface area contributed by atoms with Crippen LogP contribution in [-0.4, -0.2) is 30.0 Å². The van der Waals surface area contributed by atoms with E-state index >= 15 is 0 Å². The molecule has 3 rings (SSSR count). The molecule has 2 aromatic rings. The SMILES string of the molecule is CC(C)NC(=O)c1cc(N2CCCC2)nc2ccccc12. The number of aromatic nitrogens is 1. The number of rotatable bonds is 3. The van der Waals surface area contributed by atoms with Crippen molar-refractivity contribution < 1.29 is 4.79 Å². The highest BCUT2D eigenvalue weighted by Gasteiger charge is 2.18. The molecule has 0 spiro atoms. The largest absolute Gasteiger partial charge is 0.357 e. The Bertz CT molecular complexity index is 660. The van der Waals surface area contributed by atoms with Crippen molar-refractivity contribution in [2.75, 3.05) is 18.0 Å². The molecule has 21 heavy (non-hydrogen) atoms. The molecule has 1 aliphatic rings. The number of benzene rings is 1. The van der Waals surface area contributed by atoms with Crippen LogP contribution in [0.4, 0.5) is 5.82 Å². The molecule has 0 radical (unpaired) electrons. The van der Waals surface area contributed by atoms with Gasteiger partial charge in [-0.15, -0.1) is 0 Å². The molecule has 110 valence electrons. The first-order chi connectivity index (χ1) is 10.1. The predicted octanol–water partition coefficient (Wildman–Crippen LogP) is 2.97. The van der Waals surface area contributed by atoms with Gasteiger partial charge in [0, 0.05) is 24.5 Å². The van der Waals surface area contributed by atoms with Gasteiger partial charge in [0.2, 0.25) is 0 Å². The average Bonchev–Trinajstić information content (AvgIpc) is 2.99. The zero-order valence-corrected chi connectivity index (χ0v) is 12.6. The van der Waals surface area contributed by atoms with Crippen LogP contribution in [0.5, 0.6) is 0 Å². The number of anilines is 1. The van der Waals surface area contributed by atoms with Gasteiger partial charge < -0.3 is 10.2 Å². The van der Waals surface area contributed by atoms with E-state index in [4.69, 9.17) is 4.98 Å². The number of carbonyl (C=O) groups excluding carboxylic acids is 1. The molecule has 1 aromatic carbocycles. The summed E-state index contributed by atoms with van der Waals surface area (Å²) in [4.78, 5) is 19.5. The van der Waals surface area contributed by atoms with Crippen molar-refractivity contribution in [2.45, 2.75) is 32.7 Å². The maximum absolute atomic E-state index is 12.5. The zero-order valence-electron chi connectivity index (χ0n) is 12.6. The maximum Gasteiger partial charge on any atom is 0.252 e. The lowest BCUT2D eigenvalue weighted by molar-refractivity contribution is 0.0945. The van der Waals surface area contributed by atoms with Crippen LogP contribution < -0.4 is 10.2 Å². The highest BCUT2D eigenvalue weighted by molar-refractivity contribution is 6.07. The third-order valence-electron chi connectivity index (χ3n) is 3.80. The van der Waals surface area contributed by atoms with Gasteiger partial charge in [-0.1, -0.05) is 18.2 Å². The second-order valence-corrected chi connectivity index (χ2v) is 5.87. The summed E-state index contributed by atoms with van der Waals surface area (Å²) in [5.74, 6) is 0.893. The van der Waals surface area contributed by atoms with E-state index in [0.717, 1.165) is 35.4 Å². The number of nitrogens with one attached hydrogen (secondary N) is 1. The average molecular weight is 283 g/mol. The first-order valence-corrected chi connectivity index (χ1v) is 7.61. The molecule has 1 fully saturated rings. The molecule has 0 saturated carbocycles. The highest BCUT2D eigenvalue weighted by Crippen LogP contribution is 2.25. The van der Waals surface area contributed by atoms with Crippen LogP contribution in [0, 0.1) is 0 Å². The van der Waals surface area contributed by atoms with E-state index < -0.39 is 0 Å². The normalized spacial score (nSPS) is 14.9. The molecule has 4 nitrogen and oxygen atoms in total. The minimum absolute atomic E-state index is 0.0240. The number of hydrogen-bond acceptors (Lipinski definition) is 3. The van der Waals surface area contributed by atoms with E-state index in [1.165, 1.54) is 12.8 Å². The van der Waals surface area contributed by atoms with Crippen LogP contribution in [0.1, 0.15) is 37.0 Å². The second kappa shape index (κ2) is 5.72. The van der Waals surface area contributed by atoms with Gasteiger partial charge in [-0.25, -0.2) is 4.98 Å². The second-order valence-electron chi connectivity index (χ2n) is 5.87. The summed E-state index contributed by atoms with van der Waals surface area (Å²) < 4.78 is 0. The van der Waals surface area contributed by atoms with Gasteiger partial charge in [-0.2, -0.15) is 0 Å². The van der Waals surface area contributed by atoms with Crippen molar-refractivity contribution in [3.63, 3.8) is 0 Å². The Hall–Kier alpha value is -2.10. The standard InChI is InChI=1S/C17H21N3O/c1-12(2)18-17(21)14-11-16(20-9-5-6-10-20)19-15-8-4-3-7-13(14)15/h3-4,7-8,11-12H,5-6,9-10H2,1-2H3,(H,18,21). The summed E-state index contributed by atoms with van der Waals surface area (Å²) in [7, 11) is 0. The third-order valence-corrected chi connectivity index (χ3v) is 3.80. The van der Waals surface area contributed by atoms with Gasteiger partial charge in [0.05, 0.1) is 11.1 Å². The van der Waals surface area contributed by atoms with Crippen molar-refractivity contribution in [1.29, 1.82) is 0 Å². The minimum Gasteiger partial charge on any atom is -0.357 e. The van der Waals surface area contributed by atoms with E-state index in [-0.39, 0.29) is 11.9 Å². The fourth-order valence-electron chi connectivity index (χ4n) is 2.80. The number of pyridine rings is 1. The lowest BCUT2D eigenvalue weighted by atomic mass is 10.1. The van der Waals surface area contributed by atoms with Crippen LogP contribution in [0.25, 0.3) is 10.9 Å². The third kappa shape index (κ3) is 2.84. The molecule has 0 unspecified atom stereocenters. The van der Waals surface area contributed by atoms with E-state index in [0.29, 0.717) is 0 Å². The molecule has 0 bridgehead atoms. The summed E-state index contributed by atoms with van der Waals surface area (Å²) in [6.45, 7) is 6.00. The number of nitrogens with zero attached hydrogens (tertiary/aromatic N) is 2. The Morgan fingerprint density at radius 2 is 1.95 bits per heavy atom. The fraction of sp³-hybridized carbons (Fsp3) is 0.412. The van der Waals surface area contributed by atoms with Crippen LogP contribution in [0.15, 0.2) is 30.3 Å². The number of hydrogen-bond donors (Lipinski definition) is 1. The fourth-order valence-corrected chi connectivity index (χ4v) is 2.80. The van der Waals surface area contributed by atoms with Gasteiger partial charge in [0.1, 0.15) is 5.82 Å². The smallest absolute Gasteiger partial charge is 0.252 e. The van der Waals surface area contributed by atoms with Crippen molar-refractivity contribution in [2.24, 2.45) is 0 Å². The number of fused-ring (bicyclic) bond motifs is 1. The first kappa shape index (κ1) is 13.9. The molecule has 2 heterocycles. The highest BCUT2D eigenvalue weighted by atomic mass is 16.1. The molecule has 4 heteroatoms. The van der Waals surface area contributed by atoms with Crippen molar-refractivity contribution in [3.05, 3.63) is 35.9 Å². The van der Waals surface area contributed by atoms with Gasteiger partial charge in [-0.05, 0) is 38.8 Å². The molecular weight excluding hydrogens is 262 g/mol. The van der Waals surface area contributed by atoms with E-state index in [1.54, 1.807) is 0 Å². The Kier molecular flexibility index (Phi) is 3.78. The minimum atomic E-state index is -0.0240. The molecule has 0 aliphatic carbocycles. The van der Waals surface area contributed by atoms with E-state index in [2.05, 4.69) is 10.2 Å². The van der Waals surface area contributed by atoms with Gasteiger partial charge in [0.25, 0.3) is 5.91 Å². The predicted molar refractivity (Wildman–Crippen MR) is 85.8 cm³/mol. The summed E-state index contributed by atoms with van der Waals surface area (Å²) in [6, 6.07) is 9.91. The van der Waals surface area contributed by atoms with E-state index in [9.17, 15) is 4.79 Å². The van der Waals surface area contributed by atoms with Crippen LogP contribution in [0.2, 0.25) is 0 Å². The molecule has 1 N–H and O–H groups in total. The van der Waals surface area contributed by atoms with Crippen molar-refractivity contribution >= 4 is 22.6 Å². The Balaban J connectivity index is 2.08. The Morgan fingerprint density at radius 1 is 1.24 bits per heavy atom. The van der Waals surface area contributed by atoms with E-state index in [1.807, 2.05) is 44.2 Å². The monoisotopic (exact) mass is 283 g/mol. The topological polar surface area (TPSA) is 45.2 Å². The van der Waals surface area contributed by atoms with Crippen LogP contribution in [0.3, 0.4) is 0 Å². The number of amides is 1. The Morgan fingerprint density at radius 3 is 2.67 bits per heavy atom. The van der Waals surface area contributed by atoms with Gasteiger partial charge >= 0.3 is 0 Å². The lowest BCUT2D eigenvalue weighted by Crippen LogP contribution is -2.30. The van der Waals surface area contributed by atoms with Crippen molar-refractivity contribution in [1.82, 2.24) is 10.3 Å². The molecular formula is C17H21N3O. The first-order valence-electron chi connectivity index (χ1n) is 7.61. The summed E-state index contributed by atoms with van der Waals surface area (Å²) in [6.07, 6.45) is 2.39. The summed E-state index contributed by atoms with van der Waals surface area (Å²) in [5.41, 5.74) is 1.60. The molecule has 1 saturated heterocycles. The van der Waals surface area contributed by atoms with Crippen molar-refractivity contribution in [3.8, 4) is 0 Å². The number of carbonyl (C=O) groups is 1. The quantitative estimate of drug-likeness (QED) is 0.942. The molecule has 1 amide bonds. The lowest BCUT2D eigenvalue weighted by Gasteiger charge is -2.19. The van der Waals surface area contributed by atoms with Crippen LogP contribution in [-0.2, 0) is 0 Å². The molecule has 0 atom stereocenters. The summed E-state index contributed by atoms with van der Waals surface area (Å²) in [5, 5.41) is 3.90. The zero-order chi connectivity index (χ0) is 14.8. The number of para-hydroxylation sites is 1.